The third kappa shape index (κ3) is 4.59. The second-order valence-corrected chi connectivity index (χ2v) is 7.31. The molecule has 2 aromatic heterocycles. The minimum atomic E-state index is -0.914. The van der Waals surface area contributed by atoms with Gasteiger partial charge in [0.2, 0.25) is 0 Å². The van der Waals surface area contributed by atoms with Crippen LogP contribution >= 0.6 is 0 Å². The van der Waals surface area contributed by atoms with E-state index in [0.717, 1.165) is 22.0 Å². The van der Waals surface area contributed by atoms with Crippen molar-refractivity contribution >= 4 is 22.8 Å². The summed E-state index contributed by atoms with van der Waals surface area (Å²) in [7, 11) is 1.27. The Morgan fingerprint density at radius 2 is 1.81 bits per heavy atom. The standard InChI is InChI=1S/C24H22N4O4/c1-32-24(31)21(13-17-14-25-19-10-6-5-9-18(17)19)26-23(30)20-11-12-22(29)28(27-20)15-16-7-3-2-4-8-16/h2-12,14,21,25H,13,15H2,1H3,(H,26,30)/t21-/m1/s1. The fourth-order valence-corrected chi connectivity index (χ4v) is 3.53. The summed E-state index contributed by atoms with van der Waals surface area (Å²) in [4.78, 5) is 40.6. The number of nitrogens with one attached hydrogen (secondary N) is 2. The Hall–Kier alpha value is -4.20. The minimum Gasteiger partial charge on any atom is -0.467 e. The molecule has 0 aliphatic rings. The van der Waals surface area contributed by atoms with Gasteiger partial charge in [-0.25, -0.2) is 9.48 Å². The molecule has 2 aromatic carbocycles. The Morgan fingerprint density at radius 1 is 1.06 bits per heavy atom. The van der Waals surface area contributed by atoms with E-state index in [1.807, 2.05) is 60.8 Å². The Labute approximate surface area is 183 Å². The van der Waals surface area contributed by atoms with Gasteiger partial charge in [-0.3, -0.25) is 9.59 Å². The fraction of sp³-hybridized carbons (Fsp3) is 0.167. The quantitative estimate of drug-likeness (QED) is 0.438. The summed E-state index contributed by atoms with van der Waals surface area (Å²) in [5, 5.41) is 7.84. The van der Waals surface area contributed by atoms with E-state index in [4.69, 9.17) is 4.74 Å². The summed E-state index contributed by atoms with van der Waals surface area (Å²) in [6.07, 6.45) is 2.05. The van der Waals surface area contributed by atoms with Gasteiger partial charge in [0.1, 0.15) is 11.7 Å². The van der Waals surface area contributed by atoms with E-state index in [0.29, 0.717) is 0 Å². The molecule has 0 spiro atoms. The molecule has 0 bridgehead atoms. The number of benzene rings is 2. The van der Waals surface area contributed by atoms with Crippen LogP contribution in [0.4, 0.5) is 0 Å². The van der Waals surface area contributed by atoms with Crippen LogP contribution in [-0.4, -0.2) is 39.8 Å². The summed E-state index contributed by atoms with van der Waals surface area (Å²) in [6.45, 7) is 0.233. The molecule has 8 nitrogen and oxygen atoms in total. The summed E-state index contributed by atoms with van der Waals surface area (Å²) in [5.41, 5.74) is 2.40. The van der Waals surface area contributed by atoms with Crippen LogP contribution in [0.5, 0.6) is 0 Å². The lowest BCUT2D eigenvalue weighted by Gasteiger charge is -2.16. The molecular weight excluding hydrogens is 408 g/mol. The SMILES string of the molecule is COC(=O)[C@@H](Cc1c[nH]c2ccccc12)NC(=O)c1ccc(=O)n(Cc2ccccc2)n1. The fourth-order valence-electron chi connectivity index (χ4n) is 3.53. The lowest BCUT2D eigenvalue weighted by molar-refractivity contribution is -0.142. The molecule has 8 heteroatoms. The van der Waals surface area contributed by atoms with Crippen molar-refractivity contribution in [3.05, 3.63) is 100 Å². The van der Waals surface area contributed by atoms with Crippen molar-refractivity contribution in [2.75, 3.05) is 7.11 Å². The number of carbonyl (C=O) groups excluding carboxylic acids is 2. The van der Waals surface area contributed by atoms with Gasteiger partial charge in [0.05, 0.1) is 13.7 Å². The second kappa shape index (κ2) is 9.30. The van der Waals surface area contributed by atoms with Gasteiger partial charge in [-0.1, -0.05) is 48.5 Å². The van der Waals surface area contributed by atoms with Gasteiger partial charge < -0.3 is 15.0 Å². The number of rotatable bonds is 7. The number of hydrogen-bond donors (Lipinski definition) is 2. The average molecular weight is 430 g/mol. The maximum Gasteiger partial charge on any atom is 0.328 e. The zero-order valence-corrected chi connectivity index (χ0v) is 17.4. The average Bonchev–Trinajstić information content (AvgIpc) is 3.23. The van der Waals surface area contributed by atoms with Gasteiger partial charge >= 0.3 is 5.97 Å². The van der Waals surface area contributed by atoms with Gasteiger partial charge in [0.15, 0.2) is 0 Å². The van der Waals surface area contributed by atoms with Gasteiger partial charge in [0, 0.05) is 29.6 Å². The normalized spacial score (nSPS) is 11.8. The van der Waals surface area contributed by atoms with E-state index < -0.39 is 17.9 Å². The number of para-hydroxylation sites is 1. The molecule has 2 N–H and O–H groups in total. The summed E-state index contributed by atoms with van der Waals surface area (Å²) in [5.74, 6) is -1.14. The number of esters is 1. The van der Waals surface area contributed by atoms with Crippen molar-refractivity contribution in [1.29, 1.82) is 0 Å². The van der Waals surface area contributed by atoms with Gasteiger partial charge in [0.25, 0.3) is 11.5 Å². The van der Waals surface area contributed by atoms with Crippen molar-refractivity contribution in [3.63, 3.8) is 0 Å². The molecule has 4 rings (SSSR count). The Morgan fingerprint density at radius 3 is 2.59 bits per heavy atom. The molecule has 0 saturated heterocycles. The van der Waals surface area contributed by atoms with Crippen LogP contribution in [0.1, 0.15) is 21.6 Å². The molecule has 0 aliphatic carbocycles. The van der Waals surface area contributed by atoms with Crippen LogP contribution in [0.25, 0.3) is 10.9 Å². The molecule has 0 radical (unpaired) electrons. The highest BCUT2D eigenvalue weighted by Gasteiger charge is 2.24. The first-order valence-corrected chi connectivity index (χ1v) is 10.1. The summed E-state index contributed by atoms with van der Waals surface area (Å²) < 4.78 is 6.11. The third-order valence-corrected chi connectivity index (χ3v) is 5.16. The maximum absolute atomic E-state index is 12.9. The number of carbonyl (C=O) groups is 2. The highest BCUT2D eigenvalue weighted by atomic mass is 16.5. The van der Waals surface area contributed by atoms with Crippen LogP contribution in [0.3, 0.4) is 0 Å². The molecule has 1 amide bonds. The Balaban J connectivity index is 1.55. The van der Waals surface area contributed by atoms with Gasteiger partial charge in [-0.15, -0.1) is 0 Å². The lowest BCUT2D eigenvalue weighted by atomic mass is 10.0. The molecule has 0 unspecified atom stereocenters. The first-order valence-electron chi connectivity index (χ1n) is 10.1. The lowest BCUT2D eigenvalue weighted by Crippen LogP contribution is -2.43. The predicted molar refractivity (Wildman–Crippen MR) is 119 cm³/mol. The third-order valence-electron chi connectivity index (χ3n) is 5.16. The molecule has 0 aliphatic heterocycles. The molecule has 0 fully saturated rings. The van der Waals surface area contributed by atoms with E-state index >= 15 is 0 Å². The van der Waals surface area contributed by atoms with E-state index in [9.17, 15) is 14.4 Å². The number of amides is 1. The van der Waals surface area contributed by atoms with Crippen LogP contribution in [-0.2, 0) is 22.5 Å². The first-order chi connectivity index (χ1) is 15.5. The van der Waals surface area contributed by atoms with Crippen molar-refractivity contribution in [3.8, 4) is 0 Å². The van der Waals surface area contributed by atoms with E-state index in [-0.39, 0.29) is 24.2 Å². The topological polar surface area (TPSA) is 106 Å². The first kappa shape index (κ1) is 21.0. The predicted octanol–water partition coefficient (Wildman–Crippen LogP) is 2.29. The second-order valence-electron chi connectivity index (χ2n) is 7.31. The van der Waals surface area contributed by atoms with Crippen molar-refractivity contribution < 1.29 is 14.3 Å². The molecular formula is C24H22N4O4. The molecule has 32 heavy (non-hydrogen) atoms. The van der Waals surface area contributed by atoms with E-state index in [1.54, 1.807) is 0 Å². The largest absolute Gasteiger partial charge is 0.467 e. The monoisotopic (exact) mass is 430 g/mol. The number of fused-ring (bicyclic) bond motifs is 1. The molecule has 1 atom stereocenters. The summed E-state index contributed by atoms with van der Waals surface area (Å²) in [6, 6.07) is 18.8. The zero-order valence-electron chi connectivity index (χ0n) is 17.4. The molecule has 0 saturated carbocycles. The number of ether oxygens (including phenoxy) is 1. The van der Waals surface area contributed by atoms with Crippen LogP contribution in [0, 0.1) is 0 Å². The minimum absolute atomic E-state index is 0.0355. The Kier molecular flexibility index (Phi) is 6.12. The summed E-state index contributed by atoms with van der Waals surface area (Å²) >= 11 is 0. The maximum atomic E-state index is 12.9. The van der Waals surface area contributed by atoms with E-state index in [2.05, 4.69) is 15.4 Å². The molecule has 162 valence electrons. The number of hydrogen-bond acceptors (Lipinski definition) is 5. The highest BCUT2D eigenvalue weighted by Crippen LogP contribution is 2.19. The van der Waals surface area contributed by atoms with Crippen molar-refractivity contribution in [1.82, 2.24) is 20.1 Å². The Bertz CT molecular complexity index is 1310. The number of aromatic nitrogens is 3. The van der Waals surface area contributed by atoms with Crippen LogP contribution in [0.15, 0.2) is 77.7 Å². The van der Waals surface area contributed by atoms with Gasteiger partial charge in [-0.05, 0) is 23.3 Å². The molecule has 2 heterocycles. The van der Waals surface area contributed by atoms with E-state index in [1.165, 1.54) is 23.9 Å². The molecule has 4 aromatic rings. The van der Waals surface area contributed by atoms with Crippen molar-refractivity contribution in [2.45, 2.75) is 19.0 Å². The number of methoxy groups -OCH3 is 1. The highest BCUT2D eigenvalue weighted by molar-refractivity contribution is 5.95. The van der Waals surface area contributed by atoms with Crippen LogP contribution in [0.2, 0.25) is 0 Å². The van der Waals surface area contributed by atoms with Crippen molar-refractivity contribution in [2.24, 2.45) is 0 Å². The van der Waals surface area contributed by atoms with Gasteiger partial charge in [-0.2, -0.15) is 5.10 Å². The van der Waals surface area contributed by atoms with Crippen LogP contribution < -0.4 is 10.9 Å². The number of aromatic amines is 1. The number of H-pyrrole nitrogens is 1. The zero-order chi connectivity index (χ0) is 22.5. The number of nitrogens with zero attached hydrogens (tertiary/aromatic N) is 2. The smallest absolute Gasteiger partial charge is 0.328 e.